The molecular formula is C22H20ClF2N5O2S2. The molecule has 0 unspecified atom stereocenters. The SMILES string of the molecule is Cc1ccc(-c2cc(C(F)F)nc3sc(C(N)=O)c(NC(=O)CCn4nc(C)c(Cl)c4C)c23)s1. The fourth-order valence-corrected chi connectivity index (χ4v) is 5.64. The standard InChI is InChI=1S/C22H20ClF2N5O2S2/c1-9-4-5-14(33-9)12-8-13(20(24)25)27-22-16(12)18(19(34-22)21(26)32)28-15(31)6-7-30-11(3)17(23)10(2)29-30/h4-5,8,20H,6-7H2,1-3H3,(H2,26,32)(H,28,31). The number of hydrogen-bond donors (Lipinski definition) is 2. The van der Waals surface area contributed by atoms with Crippen molar-refractivity contribution in [2.45, 2.75) is 40.2 Å². The summed E-state index contributed by atoms with van der Waals surface area (Å²) in [6, 6.07) is 4.97. The molecule has 12 heteroatoms. The fraction of sp³-hybridized carbons (Fsp3) is 0.273. The molecule has 0 fully saturated rings. The Morgan fingerprint density at radius 1 is 1.24 bits per heavy atom. The van der Waals surface area contributed by atoms with Crippen LogP contribution in [0.3, 0.4) is 0 Å². The van der Waals surface area contributed by atoms with E-state index in [0.29, 0.717) is 26.5 Å². The second-order valence-corrected chi connectivity index (χ2v) is 10.3. The molecule has 4 rings (SSSR count). The fourth-order valence-electron chi connectivity index (χ4n) is 3.60. The highest BCUT2D eigenvalue weighted by Crippen LogP contribution is 2.44. The number of nitrogens with zero attached hydrogens (tertiary/aromatic N) is 3. The van der Waals surface area contributed by atoms with Gasteiger partial charge in [0, 0.05) is 27.1 Å². The lowest BCUT2D eigenvalue weighted by Crippen LogP contribution is -2.18. The molecule has 0 saturated carbocycles. The van der Waals surface area contributed by atoms with Crippen molar-refractivity contribution in [3.8, 4) is 10.4 Å². The van der Waals surface area contributed by atoms with Crippen LogP contribution in [-0.4, -0.2) is 26.6 Å². The number of aryl methyl sites for hydroxylation is 3. The van der Waals surface area contributed by atoms with Crippen molar-refractivity contribution in [1.29, 1.82) is 0 Å². The number of carbonyl (C=O) groups is 2. The number of anilines is 1. The highest BCUT2D eigenvalue weighted by Gasteiger charge is 2.25. The first kappa shape index (κ1) is 24.2. The molecule has 4 aromatic heterocycles. The van der Waals surface area contributed by atoms with Gasteiger partial charge in [-0.05, 0) is 39.0 Å². The number of alkyl halides is 2. The van der Waals surface area contributed by atoms with E-state index >= 15 is 0 Å². The van der Waals surface area contributed by atoms with E-state index in [-0.39, 0.29) is 28.4 Å². The van der Waals surface area contributed by atoms with Gasteiger partial charge in [0.25, 0.3) is 12.3 Å². The molecule has 34 heavy (non-hydrogen) atoms. The molecule has 0 aliphatic carbocycles. The molecule has 0 aliphatic rings. The minimum atomic E-state index is -2.80. The number of pyridine rings is 1. The Bertz CT molecular complexity index is 1430. The monoisotopic (exact) mass is 523 g/mol. The zero-order chi connectivity index (χ0) is 24.7. The summed E-state index contributed by atoms with van der Waals surface area (Å²) in [5.74, 6) is -1.17. The normalized spacial score (nSPS) is 11.5. The quantitative estimate of drug-likeness (QED) is 0.316. The van der Waals surface area contributed by atoms with Crippen molar-refractivity contribution in [2.24, 2.45) is 5.73 Å². The zero-order valence-corrected chi connectivity index (χ0v) is 20.8. The average Bonchev–Trinajstić information content (AvgIpc) is 3.44. The summed E-state index contributed by atoms with van der Waals surface area (Å²) in [5.41, 5.74) is 7.20. The summed E-state index contributed by atoms with van der Waals surface area (Å²) in [6.45, 7) is 5.75. The molecule has 0 radical (unpaired) electrons. The van der Waals surface area contributed by atoms with Gasteiger partial charge in [-0.25, -0.2) is 13.8 Å². The third-order valence-corrected chi connectivity index (χ3v) is 7.92. The predicted octanol–water partition coefficient (Wildman–Crippen LogP) is 5.87. The van der Waals surface area contributed by atoms with E-state index in [1.165, 1.54) is 17.4 Å². The number of halogens is 3. The van der Waals surface area contributed by atoms with Gasteiger partial charge in [0.15, 0.2) is 0 Å². The molecule has 4 aromatic rings. The number of primary amides is 1. The van der Waals surface area contributed by atoms with Crippen molar-refractivity contribution in [2.75, 3.05) is 5.32 Å². The molecule has 0 saturated heterocycles. The van der Waals surface area contributed by atoms with E-state index in [1.54, 1.807) is 18.5 Å². The molecule has 178 valence electrons. The number of nitrogens with one attached hydrogen (secondary N) is 1. The minimum absolute atomic E-state index is 0.0455. The van der Waals surface area contributed by atoms with Gasteiger partial charge in [-0.1, -0.05) is 11.6 Å². The Hall–Kier alpha value is -2.89. The molecule has 0 spiro atoms. The maximum Gasteiger partial charge on any atom is 0.280 e. The van der Waals surface area contributed by atoms with E-state index in [1.807, 2.05) is 19.1 Å². The summed E-state index contributed by atoms with van der Waals surface area (Å²) in [5, 5.41) is 8.02. The largest absolute Gasteiger partial charge is 0.365 e. The van der Waals surface area contributed by atoms with Gasteiger partial charge >= 0.3 is 0 Å². The van der Waals surface area contributed by atoms with E-state index in [9.17, 15) is 18.4 Å². The first-order valence-electron chi connectivity index (χ1n) is 10.2. The van der Waals surface area contributed by atoms with Gasteiger partial charge in [-0.15, -0.1) is 22.7 Å². The third-order valence-electron chi connectivity index (χ3n) is 5.24. The molecule has 2 amide bonds. The van der Waals surface area contributed by atoms with Crippen molar-refractivity contribution in [1.82, 2.24) is 14.8 Å². The molecule has 0 atom stereocenters. The van der Waals surface area contributed by atoms with Crippen LogP contribution in [-0.2, 0) is 11.3 Å². The molecule has 3 N–H and O–H groups in total. The Kier molecular flexibility index (Phi) is 6.70. The lowest BCUT2D eigenvalue weighted by atomic mass is 10.1. The number of rotatable bonds is 7. The molecular weight excluding hydrogens is 504 g/mol. The van der Waals surface area contributed by atoms with Crippen LogP contribution in [0.25, 0.3) is 20.7 Å². The van der Waals surface area contributed by atoms with Crippen molar-refractivity contribution in [3.63, 3.8) is 0 Å². The van der Waals surface area contributed by atoms with Crippen LogP contribution in [0.4, 0.5) is 14.5 Å². The molecule has 7 nitrogen and oxygen atoms in total. The third kappa shape index (κ3) is 4.55. The number of amides is 2. The number of fused-ring (bicyclic) bond motifs is 1. The smallest absolute Gasteiger partial charge is 0.280 e. The number of aromatic nitrogens is 3. The van der Waals surface area contributed by atoms with Gasteiger partial charge in [0.2, 0.25) is 5.91 Å². The topological polar surface area (TPSA) is 103 Å². The van der Waals surface area contributed by atoms with Gasteiger partial charge in [0.05, 0.1) is 28.6 Å². The van der Waals surface area contributed by atoms with E-state index in [4.69, 9.17) is 17.3 Å². The van der Waals surface area contributed by atoms with Crippen LogP contribution in [0.15, 0.2) is 18.2 Å². The number of thiophene rings is 2. The van der Waals surface area contributed by atoms with Crippen LogP contribution < -0.4 is 11.1 Å². The lowest BCUT2D eigenvalue weighted by molar-refractivity contribution is -0.116. The summed E-state index contributed by atoms with van der Waals surface area (Å²) >= 11 is 8.46. The average molecular weight is 524 g/mol. The van der Waals surface area contributed by atoms with Crippen LogP contribution in [0.1, 0.15) is 44.5 Å². The zero-order valence-electron chi connectivity index (χ0n) is 18.4. The van der Waals surface area contributed by atoms with E-state index in [0.717, 1.165) is 21.9 Å². The summed E-state index contributed by atoms with van der Waals surface area (Å²) in [4.78, 5) is 31.0. The minimum Gasteiger partial charge on any atom is -0.365 e. The molecule has 0 bridgehead atoms. The molecule has 0 aliphatic heterocycles. The van der Waals surface area contributed by atoms with Crippen LogP contribution in [0.2, 0.25) is 5.02 Å². The Labute approximate surface area is 206 Å². The highest BCUT2D eigenvalue weighted by atomic mass is 35.5. The van der Waals surface area contributed by atoms with Crippen molar-refractivity contribution >= 4 is 62.0 Å². The van der Waals surface area contributed by atoms with Crippen molar-refractivity contribution in [3.05, 3.63) is 50.1 Å². The summed E-state index contributed by atoms with van der Waals surface area (Å²) in [7, 11) is 0. The first-order valence-corrected chi connectivity index (χ1v) is 12.2. The number of nitrogens with two attached hydrogens (primary N) is 1. The summed E-state index contributed by atoms with van der Waals surface area (Å²) < 4.78 is 28.8. The maximum atomic E-state index is 13.6. The van der Waals surface area contributed by atoms with Gasteiger partial charge in [0.1, 0.15) is 15.4 Å². The Morgan fingerprint density at radius 2 is 1.97 bits per heavy atom. The number of carbonyl (C=O) groups excluding carboxylic acids is 2. The van der Waals surface area contributed by atoms with Crippen LogP contribution in [0, 0.1) is 20.8 Å². The lowest BCUT2D eigenvalue weighted by Gasteiger charge is -2.10. The number of hydrogen-bond acceptors (Lipinski definition) is 6. The summed E-state index contributed by atoms with van der Waals surface area (Å²) in [6.07, 6.45) is -2.75. The van der Waals surface area contributed by atoms with E-state index < -0.39 is 23.9 Å². The second-order valence-electron chi connectivity index (χ2n) is 7.66. The Balaban J connectivity index is 1.76. The molecule has 4 heterocycles. The molecule has 0 aromatic carbocycles. The predicted molar refractivity (Wildman–Crippen MR) is 131 cm³/mol. The van der Waals surface area contributed by atoms with Crippen LogP contribution in [0.5, 0.6) is 0 Å². The first-order chi connectivity index (χ1) is 16.1. The van der Waals surface area contributed by atoms with Gasteiger partial charge in [-0.3, -0.25) is 14.3 Å². The van der Waals surface area contributed by atoms with Crippen molar-refractivity contribution < 1.29 is 18.4 Å². The maximum absolute atomic E-state index is 13.6. The highest BCUT2D eigenvalue weighted by molar-refractivity contribution is 7.21. The Morgan fingerprint density at radius 3 is 2.53 bits per heavy atom. The van der Waals surface area contributed by atoms with Gasteiger partial charge in [-0.2, -0.15) is 5.10 Å². The van der Waals surface area contributed by atoms with Gasteiger partial charge < -0.3 is 11.1 Å². The van der Waals surface area contributed by atoms with Crippen LogP contribution >= 0.6 is 34.3 Å². The van der Waals surface area contributed by atoms with E-state index in [2.05, 4.69) is 15.4 Å². The second kappa shape index (κ2) is 9.40.